The molecule has 1 heterocycles. The van der Waals surface area contributed by atoms with Gasteiger partial charge < -0.3 is 0 Å². The number of nitrogens with zero attached hydrogens (tertiary/aromatic N) is 3. The summed E-state index contributed by atoms with van der Waals surface area (Å²) >= 11 is 17.4. The summed E-state index contributed by atoms with van der Waals surface area (Å²) in [5.74, 6) is 1.17. The van der Waals surface area contributed by atoms with Crippen LogP contribution in [0.15, 0.2) is 24.3 Å². The van der Waals surface area contributed by atoms with E-state index < -0.39 is 3.79 Å². The van der Waals surface area contributed by atoms with Crippen LogP contribution in [-0.4, -0.2) is 15.0 Å². The van der Waals surface area contributed by atoms with Gasteiger partial charge in [0, 0.05) is 5.56 Å². The van der Waals surface area contributed by atoms with Crippen LogP contribution in [0.2, 0.25) is 0 Å². The Labute approximate surface area is 127 Å². The van der Waals surface area contributed by atoms with E-state index in [9.17, 15) is 0 Å². The fourth-order valence-corrected chi connectivity index (χ4v) is 1.88. The number of halogens is 3. The van der Waals surface area contributed by atoms with Gasteiger partial charge in [-0.05, 0) is 18.9 Å². The molecule has 0 aliphatic rings. The van der Waals surface area contributed by atoms with E-state index in [0.717, 1.165) is 12.0 Å². The maximum Gasteiger partial charge on any atom is 0.250 e. The smallest absolute Gasteiger partial charge is 0.214 e. The van der Waals surface area contributed by atoms with E-state index in [-0.39, 0.29) is 5.82 Å². The average Bonchev–Trinajstić information content (AvgIpc) is 2.37. The van der Waals surface area contributed by atoms with E-state index in [4.69, 9.17) is 34.8 Å². The first kappa shape index (κ1) is 14.5. The van der Waals surface area contributed by atoms with Crippen molar-refractivity contribution < 1.29 is 0 Å². The highest BCUT2D eigenvalue weighted by Gasteiger charge is 2.27. The summed E-state index contributed by atoms with van der Waals surface area (Å²) in [6.45, 7) is 3.84. The lowest BCUT2D eigenvalue weighted by Gasteiger charge is -2.11. The molecule has 0 saturated carbocycles. The van der Waals surface area contributed by atoms with Gasteiger partial charge in [0.25, 0.3) is 0 Å². The first-order valence-corrected chi connectivity index (χ1v) is 6.92. The minimum atomic E-state index is -1.65. The van der Waals surface area contributed by atoms with Crippen molar-refractivity contribution in [3.8, 4) is 11.4 Å². The quantitative estimate of drug-likeness (QED) is 0.778. The zero-order valence-electron chi connectivity index (χ0n) is 10.5. The Morgan fingerprint density at radius 2 is 1.63 bits per heavy atom. The molecule has 0 aliphatic carbocycles. The second kappa shape index (κ2) is 5.61. The van der Waals surface area contributed by atoms with E-state index in [2.05, 4.69) is 21.9 Å². The molecule has 3 nitrogen and oxygen atoms in total. The molecule has 2 rings (SSSR count). The Morgan fingerprint density at radius 3 is 2.16 bits per heavy atom. The average molecular weight is 317 g/mol. The lowest BCUT2D eigenvalue weighted by atomic mass is 10.1. The van der Waals surface area contributed by atoms with Gasteiger partial charge in [0.2, 0.25) is 3.79 Å². The predicted octanol–water partition coefficient (Wildman–Crippen LogP) is 4.24. The van der Waals surface area contributed by atoms with Gasteiger partial charge in [0.05, 0.1) is 0 Å². The van der Waals surface area contributed by atoms with E-state index in [1.54, 1.807) is 6.92 Å². The molecular formula is C13H12Cl3N3. The van der Waals surface area contributed by atoms with Crippen molar-refractivity contribution in [2.75, 3.05) is 0 Å². The lowest BCUT2D eigenvalue weighted by Crippen LogP contribution is -2.11. The minimum Gasteiger partial charge on any atom is -0.214 e. The first-order chi connectivity index (χ1) is 8.90. The van der Waals surface area contributed by atoms with Crippen molar-refractivity contribution in [3.63, 3.8) is 0 Å². The molecule has 6 heteroatoms. The molecule has 2 aromatic rings. The highest BCUT2D eigenvalue weighted by Crippen LogP contribution is 2.36. The van der Waals surface area contributed by atoms with Crippen LogP contribution in [0.4, 0.5) is 0 Å². The number of hydrogen-bond acceptors (Lipinski definition) is 3. The molecule has 1 aromatic carbocycles. The van der Waals surface area contributed by atoms with Gasteiger partial charge >= 0.3 is 0 Å². The fraction of sp³-hybridized carbons (Fsp3) is 0.308. The highest BCUT2D eigenvalue weighted by molar-refractivity contribution is 6.66. The minimum absolute atomic E-state index is 0.138. The highest BCUT2D eigenvalue weighted by atomic mass is 35.6. The Hall–Kier alpha value is -0.900. The topological polar surface area (TPSA) is 38.7 Å². The number of alkyl halides is 3. The van der Waals surface area contributed by atoms with Gasteiger partial charge in [-0.3, -0.25) is 0 Å². The van der Waals surface area contributed by atoms with Crippen LogP contribution in [0.3, 0.4) is 0 Å². The monoisotopic (exact) mass is 315 g/mol. The van der Waals surface area contributed by atoms with E-state index in [1.165, 1.54) is 5.56 Å². The van der Waals surface area contributed by atoms with Gasteiger partial charge in [0.1, 0.15) is 5.82 Å². The van der Waals surface area contributed by atoms with Crippen molar-refractivity contribution in [1.29, 1.82) is 0 Å². The number of benzene rings is 1. The zero-order chi connectivity index (χ0) is 14.0. The molecule has 0 spiro atoms. The molecule has 1 aromatic heterocycles. The maximum absolute atomic E-state index is 5.82. The number of hydrogen-bond donors (Lipinski definition) is 0. The van der Waals surface area contributed by atoms with Crippen LogP contribution in [0, 0.1) is 6.92 Å². The molecule has 19 heavy (non-hydrogen) atoms. The van der Waals surface area contributed by atoms with Crippen molar-refractivity contribution in [3.05, 3.63) is 41.5 Å². The van der Waals surface area contributed by atoms with Crippen molar-refractivity contribution >= 4 is 34.8 Å². The third-order valence-electron chi connectivity index (χ3n) is 2.62. The third-order valence-corrected chi connectivity index (χ3v) is 3.13. The van der Waals surface area contributed by atoms with Gasteiger partial charge in [-0.25, -0.2) is 15.0 Å². The van der Waals surface area contributed by atoms with Crippen LogP contribution < -0.4 is 0 Å². The summed E-state index contributed by atoms with van der Waals surface area (Å²) in [4.78, 5) is 12.5. The van der Waals surface area contributed by atoms with Gasteiger partial charge in [-0.2, -0.15) is 0 Å². The van der Waals surface area contributed by atoms with Crippen LogP contribution in [0.1, 0.15) is 24.1 Å². The molecule has 0 bridgehead atoms. The first-order valence-electron chi connectivity index (χ1n) is 5.79. The predicted molar refractivity (Wildman–Crippen MR) is 78.6 cm³/mol. The molecule has 0 radical (unpaired) electrons. The van der Waals surface area contributed by atoms with Crippen LogP contribution in [-0.2, 0) is 10.2 Å². The zero-order valence-corrected chi connectivity index (χ0v) is 12.8. The third kappa shape index (κ3) is 3.56. The largest absolute Gasteiger partial charge is 0.250 e. The fourth-order valence-electron chi connectivity index (χ4n) is 1.63. The van der Waals surface area contributed by atoms with Crippen molar-refractivity contribution in [1.82, 2.24) is 15.0 Å². The summed E-state index contributed by atoms with van der Waals surface area (Å²) < 4.78 is -1.65. The lowest BCUT2D eigenvalue weighted by molar-refractivity contribution is 0.884. The molecule has 0 saturated heterocycles. The molecular weight excluding hydrogens is 305 g/mol. The maximum atomic E-state index is 5.82. The molecule has 0 unspecified atom stereocenters. The van der Waals surface area contributed by atoms with Gasteiger partial charge in [-0.1, -0.05) is 66.0 Å². The van der Waals surface area contributed by atoms with Crippen LogP contribution in [0.25, 0.3) is 11.4 Å². The van der Waals surface area contributed by atoms with E-state index in [0.29, 0.717) is 11.6 Å². The van der Waals surface area contributed by atoms with Crippen LogP contribution in [0.5, 0.6) is 0 Å². The van der Waals surface area contributed by atoms with Gasteiger partial charge in [0.15, 0.2) is 11.6 Å². The molecule has 0 atom stereocenters. The Morgan fingerprint density at radius 1 is 1.00 bits per heavy atom. The Bertz CT molecular complexity index is 577. The van der Waals surface area contributed by atoms with Crippen molar-refractivity contribution in [2.45, 2.75) is 24.1 Å². The second-order valence-electron chi connectivity index (χ2n) is 4.08. The standard InChI is InChI=1S/C13H12Cl3N3/c1-3-9-4-6-10(7-5-9)11-17-8(2)18-12(19-11)13(14,15)16/h4-7H,3H2,1-2H3. The van der Waals surface area contributed by atoms with Gasteiger partial charge in [-0.15, -0.1) is 0 Å². The summed E-state index contributed by atoms with van der Waals surface area (Å²) in [5.41, 5.74) is 2.12. The summed E-state index contributed by atoms with van der Waals surface area (Å²) in [5, 5.41) is 0. The van der Waals surface area contributed by atoms with E-state index in [1.807, 2.05) is 24.3 Å². The summed E-state index contributed by atoms with van der Waals surface area (Å²) in [7, 11) is 0. The molecule has 100 valence electrons. The van der Waals surface area contributed by atoms with Crippen molar-refractivity contribution in [2.24, 2.45) is 0 Å². The second-order valence-corrected chi connectivity index (χ2v) is 6.36. The molecule has 0 aliphatic heterocycles. The normalized spacial score (nSPS) is 11.6. The summed E-state index contributed by atoms with van der Waals surface area (Å²) in [6, 6.07) is 7.97. The van der Waals surface area contributed by atoms with Crippen LogP contribution >= 0.6 is 34.8 Å². The number of rotatable bonds is 2. The Balaban J connectivity index is 2.46. The molecule has 0 amide bonds. The summed E-state index contributed by atoms with van der Waals surface area (Å²) in [6.07, 6.45) is 0.982. The Kier molecular flexibility index (Phi) is 4.29. The molecule has 0 N–H and O–H groups in total. The van der Waals surface area contributed by atoms with E-state index >= 15 is 0 Å². The number of aromatic nitrogens is 3. The number of aryl methyl sites for hydroxylation is 2. The molecule has 0 fully saturated rings. The SMILES string of the molecule is CCc1ccc(-c2nc(C)nc(C(Cl)(Cl)Cl)n2)cc1.